The smallest absolute Gasteiger partial charge is 0.410 e. The number of anilines is 2. The van der Waals surface area contributed by atoms with E-state index in [2.05, 4.69) is 24.5 Å². The maximum atomic E-state index is 12.8. The van der Waals surface area contributed by atoms with Crippen molar-refractivity contribution in [2.45, 2.75) is 59.3 Å². The van der Waals surface area contributed by atoms with Crippen LogP contribution in [0, 0.1) is 6.92 Å². The third-order valence-electron chi connectivity index (χ3n) is 5.69. The summed E-state index contributed by atoms with van der Waals surface area (Å²) in [5.74, 6) is 1.06. The molecule has 2 amide bonds. The molecule has 35 heavy (non-hydrogen) atoms. The van der Waals surface area contributed by atoms with Gasteiger partial charge in [-0.3, -0.25) is 10.6 Å². The maximum Gasteiger partial charge on any atom is 0.417 e. The molecule has 3 rings (SSSR count). The van der Waals surface area contributed by atoms with E-state index in [-0.39, 0.29) is 0 Å². The van der Waals surface area contributed by atoms with Gasteiger partial charge < -0.3 is 9.47 Å². The Bertz CT molecular complexity index is 1140. The van der Waals surface area contributed by atoms with E-state index in [1.54, 1.807) is 24.3 Å². The first-order valence-corrected chi connectivity index (χ1v) is 12.2. The van der Waals surface area contributed by atoms with Crippen LogP contribution < -0.4 is 20.1 Å². The Morgan fingerprint density at radius 1 is 0.686 bits per heavy atom. The van der Waals surface area contributed by atoms with E-state index in [0.29, 0.717) is 22.9 Å². The Hall–Kier alpha value is -3.80. The van der Waals surface area contributed by atoms with Gasteiger partial charge in [-0.2, -0.15) is 0 Å². The number of aryl methyl sites for hydroxylation is 3. The molecule has 0 aliphatic carbocycles. The van der Waals surface area contributed by atoms with Crippen LogP contribution in [-0.2, 0) is 12.8 Å². The number of carbonyl (C=O) groups excluding carboxylic acids is 2. The minimum Gasteiger partial charge on any atom is -0.410 e. The fraction of sp³-hybridized carbons (Fsp3) is 0.310. The molecular weight excluding hydrogens is 440 g/mol. The number of benzene rings is 3. The van der Waals surface area contributed by atoms with Crippen LogP contribution in [0.15, 0.2) is 66.7 Å². The molecule has 0 fully saturated rings. The minimum absolute atomic E-state index is 0.428. The second-order valence-corrected chi connectivity index (χ2v) is 8.45. The fourth-order valence-corrected chi connectivity index (χ4v) is 3.75. The molecule has 0 spiro atoms. The van der Waals surface area contributed by atoms with Crippen LogP contribution in [0.4, 0.5) is 21.0 Å². The summed E-state index contributed by atoms with van der Waals surface area (Å²) in [5.41, 5.74) is 3.63. The van der Waals surface area contributed by atoms with Gasteiger partial charge in [0.05, 0.1) is 11.4 Å². The third kappa shape index (κ3) is 7.60. The zero-order chi connectivity index (χ0) is 25.0. The van der Waals surface area contributed by atoms with Gasteiger partial charge in [0.25, 0.3) is 0 Å². The molecule has 0 saturated carbocycles. The van der Waals surface area contributed by atoms with Crippen molar-refractivity contribution in [1.82, 2.24) is 0 Å². The normalized spacial score (nSPS) is 10.5. The molecular formula is C29H34N2O4. The summed E-state index contributed by atoms with van der Waals surface area (Å²) in [6.45, 7) is 6.09. The van der Waals surface area contributed by atoms with Crippen molar-refractivity contribution in [3.05, 3.63) is 83.4 Å². The van der Waals surface area contributed by atoms with E-state index < -0.39 is 12.2 Å². The molecule has 0 radical (unpaired) electrons. The van der Waals surface area contributed by atoms with Gasteiger partial charge in [-0.05, 0) is 67.5 Å². The summed E-state index contributed by atoms with van der Waals surface area (Å²) in [7, 11) is 0. The number of para-hydroxylation sites is 3. The number of nitrogens with one attached hydrogen (secondary N) is 2. The molecule has 0 aliphatic rings. The predicted octanol–water partition coefficient (Wildman–Crippen LogP) is 7.90. The van der Waals surface area contributed by atoms with Gasteiger partial charge in [0.1, 0.15) is 11.5 Å². The number of unbranched alkanes of at least 4 members (excludes halogenated alkanes) is 2. The number of rotatable bonds is 10. The van der Waals surface area contributed by atoms with Crippen molar-refractivity contribution in [2.24, 2.45) is 0 Å². The van der Waals surface area contributed by atoms with Crippen LogP contribution in [-0.4, -0.2) is 12.2 Å². The largest absolute Gasteiger partial charge is 0.417 e. The predicted molar refractivity (Wildman–Crippen MR) is 141 cm³/mol. The molecule has 0 aromatic heterocycles. The topological polar surface area (TPSA) is 76.7 Å². The van der Waals surface area contributed by atoms with Crippen molar-refractivity contribution in [2.75, 3.05) is 10.6 Å². The molecule has 0 bridgehead atoms. The second kappa shape index (κ2) is 13.2. The number of hydrogen-bond donors (Lipinski definition) is 2. The first-order chi connectivity index (χ1) is 17.0. The molecule has 0 aliphatic heterocycles. The molecule has 0 unspecified atom stereocenters. The van der Waals surface area contributed by atoms with Crippen LogP contribution in [0.1, 0.15) is 56.2 Å². The Morgan fingerprint density at radius 3 is 1.74 bits per heavy atom. The summed E-state index contributed by atoms with van der Waals surface area (Å²) in [6, 6.07) is 20.4. The van der Waals surface area contributed by atoms with Gasteiger partial charge in [0, 0.05) is 0 Å². The van der Waals surface area contributed by atoms with E-state index >= 15 is 0 Å². The van der Waals surface area contributed by atoms with Crippen LogP contribution in [0.2, 0.25) is 0 Å². The summed E-state index contributed by atoms with van der Waals surface area (Å²) in [6.07, 6.45) is 4.56. The average molecular weight is 475 g/mol. The Morgan fingerprint density at radius 2 is 1.20 bits per heavy atom. The van der Waals surface area contributed by atoms with Crippen LogP contribution in [0.25, 0.3) is 0 Å². The average Bonchev–Trinajstić information content (AvgIpc) is 2.85. The summed E-state index contributed by atoms with van der Waals surface area (Å²) >= 11 is 0. The molecule has 0 heterocycles. The van der Waals surface area contributed by atoms with Crippen molar-refractivity contribution in [1.29, 1.82) is 0 Å². The van der Waals surface area contributed by atoms with E-state index in [4.69, 9.17) is 9.47 Å². The van der Waals surface area contributed by atoms with Crippen molar-refractivity contribution in [3.63, 3.8) is 0 Å². The monoisotopic (exact) mass is 474 g/mol. The molecule has 0 saturated heterocycles. The van der Waals surface area contributed by atoms with Crippen LogP contribution in [0.5, 0.6) is 11.5 Å². The number of ether oxygens (including phenoxy) is 2. The van der Waals surface area contributed by atoms with Gasteiger partial charge in [-0.1, -0.05) is 75.2 Å². The van der Waals surface area contributed by atoms with Crippen molar-refractivity contribution < 1.29 is 19.1 Å². The highest BCUT2D eigenvalue weighted by molar-refractivity contribution is 5.97. The quantitative estimate of drug-likeness (QED) is 0.313. The van der Waals surface area contributed by atoms with Crippen molar-refractivity contribution in [3.8, 4) is 11.5 Å². The Labute approximate surface area is 207 Å². The highest BCUT2D eigenvalue weighted by Gasteiger charge is 2.16. The van der Waals surface area contributed by atoms with Gasteiger partial charge in [0.2, 0.25) is 0 Å². The van der Waals surface area contributed by atoms with E-state index in [9.17, 15) is 9.59 Å². The summed E-state index contributed by atoms with van der Waals surface area (Å²) in [5, 5.41) is 5.55. The molecule has 3 aromatic carbocycles. The van der Waals surface area contributed by atoms with E-state index in [0.717, 1.165) is 55.2 Å². The summed E-state index contributed by atoms with van der Waals surface area (Å²) in [4.78, 5) is 25.5. The molecule has 2 N–H and O–H groups in total. The van der Waals surface area contributed by atoms with E-state index in [1.165, 1.54) is 0 Å². The van der Waals surface area contributed by atoms with Crippen LogP contribution >= 0.6 is 0 Å². The third-order valence-corrected chi connectivity index (χ3v) is 5.69. The number of amides is 2. The van der Waals surface area contributed by atoms with Crippen molar-refractivity contribution >= 4 is 23.6 Å². The van der Waals surface area contributed by atoms with Crippen LogP contribution in [0.3, 0.4) is 0 Å². The second-order valence-electron chi connectivity index (χ2n) is 8.45. The number of hydrogen-bond acceptors (Lipinski definition) is 4. The van der Waals surface area contributed by atoms with Gasteiger partial charge in [-0.15, -0.1) is 0 Å². The Balaban J connectivity index is 1.71. The first-order valence-electron chi connectivity index (χ1n) is 12.2. The van der Waals surface area contributed by atoms with Gasteiger partial charge in [-0.25, -0.2) is 9.59 Å². The standard InChI is InChI=1S/C29H34N2O4/c1-4-6-14-22-16-8-10-19-25(22)34-28(32)30-24-18-12-13-21(3)27(24)31-29(33)35-26-20-11-9-17-23(26)15-7-5-2/h8-13,16-20H,4-7,14-15H2,1-3H3,(H,30,32)(H,31,33). The lowest BCUT2D eigenvalue weighted by Gasteiger charge is -2.16. The fourth-order valence-electron chi connectivity index (χ4n) is 3.75. The number of carbonyl (C=O) groups is 2. The minimum atomic E-state index is -0.624. The SMILES string of the molecule is CCCCc1ccccc1OC(=O)Nc1cccc(C)c1NC(=O)Oc1ccccc1CCCC. The maximum absolute atomic E-state index is 12.8. The zero-order valence-electron chi connectivity index (χ0n) is 20.7. The lowest BCUT2D eigenvalue weighted by molar-refractivity contribution is 0.213. The highest BCUT2D eigenvalue weighted by atomic mass is 16.6. The zero-order valence-corrected chi connectivity index (χ0v) is 20.7. The van der Waals surface area contributed by atoms with Gasteiger partial charge >= 0.3 is 12.2 Å². The summed E-state index contributed by atoms with van der Waals surface area (Å²) < 4.78 is 11.2. The lowest BCUT2D eigenvalue weighted by Crippen LogP contribution is -2.22. The van der Waals surface area contributed by atoms with Gasteiger partial charge in [0.15, 0.2) is 0 Å². The molecule has 0 atom stereocenters. The van der Waals surface area contributed by atoms with E-state index in [1.807, 2.05) is 49.4 Å². The first kappa shape index (κ1) is 25.8. The lowest BCUT2D eigenvalue weighted by atomic mass is 10.1. The molecule has 6 heteroatoms. The Kier molecular flexibility index (Phi) is 9.72. The molecule has 6 nitrogen and oxygen atoms in total. The molecule has 184 valence electrons. The highest BCUT2D eigenvalue weighted by Crippen LogP contribution is 2.28. The molecule has 3 aromatic rings.